The molecule has 0 radical (unpaired) electrons. The van der Waals surface area contributed by atoms with Crippen molar-refractivity contribution in [2.75, 3.05) is 0 Å². The van der Waals surface area contributed by atoms with Gasteiger partial charge in [-0.1, -0.05) is 48.5 Å². The van der Waals surface area contributed by atoms with Crippen molar-refractivity contribution in [1.29, 1.82) is 0 Å². The number of H-pyrrole nitrogens is 1. The molecule has 0 saturated heterocycles. The molecule has 4 rings (SSSR count). The van der Waals surface area contributed by atoms with Crippen LogP contribution in [0.4, 0.5) is 0 Å². The lowest BCUT2D eigenvalue weighted by Crippen LogP contribution is -2.19. The number of para-hydroxylation sites is 1. The summed E-state index contributed by atoms with van der Waals surface area (Å²) >= 11 is 0. The molecule has 0 aliphatic heterocycles. The van der Waals surface area contributed by atoms with Crippen LogP contribution in [0.15, 0.2) is 72.1 Å². The second-order valence-electron chi connectivity index (χ2n) is 5.88. The first kappa shape index (κ1) is 15.8. The van der Waals surface area contributed by atoms with Gasteiger partial charge in [0.2, 0.25) is 0 Å². The number of fused-ring (bicyclic) bond motifs is 1. The maximum absolute atomic E-state index is 12.7. The maximum atomic E-state index is 12.7. The average molecular weight is 343 g/mol. The molecule has 6 heteroatoms. The van der Waals surface area contributed by atoms with Gasteiger partial charge in [0.05, 0.1) is 6.21 Å². The largest absolute Gasteiger partial charge is 0.350 e. The summed E-state index contributed by atoms with van der Waals surface area (Å²) in [5.41, 5.74) is 5.81. The van der Waals surface area contributed by atoms with Crippen LogP contribution in [-0.4, -0.2) is 26.7 Å². The number of hydrazone groups is 1. The molecule has 1 amide bonds. The van der Waals surface area contributed by atoms with Crippen LogP contribution >= 0.6 is 0 Å². The van der Waals surface area contributed by atoms with Gasteiger partial charge in [-0.15, -0.1) is 0 Å². The van der Waals surface area contributed by atoms with Gasteiger partial charge in [0.25, 0.3) is 5.91 Å². The second kappa shape index (κ2) is 6.68. The van der Waals surface area contributed by atoms with Gasteiger partial charge in [0.1, 0.15) is 5.69 Å². The highest BCUT2D eigenvalue weighted by atomic mass is 16.2. The SMILES string of the molecule is Cn1ccnc1/C=N/NC(=O)c1[nH]c2ccccc2c1-c1ccccc1. The first-order chi connectivity index (χ1) is 12.7. The van der Waals surface area contributed by atoms with Gasteiger partial charge in [-0.3, -0.25) is 4.79 Å². The standard InChI is InChI=1S/C20H17N5O/c1-25-12-11-21-17(25)13-22-24-20(26)19-18(14-7-3-2-4-8-14)15-9-5-6-10-16(15)23-19/h2-13,23H,1H3,(H,24,26)/b22-13+. The number of benzene rings is 2. The second-order valence-corrected chi connectivity index (χ2v) is 5.88. The number of carbonyl (C=O) groups is 1. The minimum Gasteiger partial charge on any atom is -0.350 e. The van der Waals surface area contributed by atoms with Crippen molar-refractivity contribution in [1.82, 2.24) is 20.0 Å². The molecule has 0 bridgehead atoms. The van der Waals surface area contributed by atoms with E-state index in [2.05, 4.69) is 20.5 Å². The van der Waals surface area contributed by atoms with Crippen molar-refractivity contribution in [3.63, 3.8) is 0 Å². The molecule has 0 spiro atoms. The Hall–Kier alpha value is -3.67. The highest BCUT2D eigenvalue weighted by Crippen LogP contribution is 2.32. The van der Waals surface area contributed by atoms with E-state index in [1.807, 2.05) is 72.4 Å². The van der Waals surface area contributed by atoms with E-state index in [1.54, 1.807) is 6.20 Å². The number of aromatic amines is 1. The van der Waals surface area contributed by atoms with Gasteiger partial charge in [-0.05, 0) is 11.6 Å². The van der Waals surface area contributed by atoms with Gasteiger partial charge in [-0.25, -0.2) is 10.4 Å². The molecule has 0 fully saturated rings. The molecule has 0 saturated carbocycles. The van der Waals surface area contributed by atoms with Crippen LogP contribution in [0.1, 0.15) is 16.3 Å². The third kappa shape index (κ3) is 2.88. The van der Waals surface area contributed by atoms with Crippen LogP contribution in [0.2, 0.25) is 0 Å². The summed E-state index contributed by atoms with van der Waals surface area (Å²) in [5, 5.41) is 5.03. The Morgan fingerprint density at radius 2 is 1.92 bits per heavy atom. The molecule has 0 aliphatic carbocycles. The van der Waals surface area contributed by atoms with E-state index in [-0.39, 0.29) is 5.91 Å². The summed E-state index contributed by atoms with van der Waals surface area (Å²) in [6.07, 6.45) is 5.01. The summed E-state index contributed by atoms with van der Waals surface area (Å²) in [6.45, 7) is 0. The van der Waals surface area contributed by atoms with E-state index in [9.17, 15) is 4.79 Å². The van der Waals surface area contributed by atoms with Crippen LogP contribution in [-0.2, 0) is 7.05 Å². The molecule has 128 valence electrons. The molecule has 2 N–H and O–H groups in total. The topological polar surface area (TPSA) is 75.1 Å². The molecular formula is C20H17N5O. The Balaban J connectivity index is 1.70. The monoisotopic (exact) mass is 343 g/mol. The van der Waals surface area contributed by atoms with Crippen LogP contribution in [0, 0.1) is 0 Å². The number of aromatic nitrogens is 3. The summed E-state index contributed by atoms with van der Waals surface area (Å²) in [4.78, 5) is 20.1. The fraction of sp³-hybridized carbons (Fsp3) is 0.0500. The summed E-state index contributed by atoms with van der Waals surface area (Å²) < 4.78 is 1.81. The smallest absolute Gasteiger partial charge is 0.288 e. The molecule has 0 unspecified atom stereocenters. The van der Waals surface area contributed by atoms with E-state index in [1.165, 1.54) is 6.21 Å². The molecule has 0 atom stereocenters. The summed E-state index contributed by atoms with van der Waals surface area (Å²) in [6, 6.07) is 17.7. The Morgan fingerprint density at radius 3 is 2.69 bits per heavy atom. The lowest BCUT2D eigenvalue weighted by atomic mass is 10.0. The fourth-order valence-corrected chi connectivity index (χ4v) is 2.92. The average Bonchev–Trinajstić information content (AvgIpc) is 3.26. The number of nitrogens with one attached hydrogen (secondary N) is 2. The number of hydrogen-bond donors (Lipinski definition) is 2. The summed E-state index contributed by atoms with van der Waals surface area (Å²) in [7, 11) is 1.86. The van der Waals surface area contributed by atoms with Crippen LogP contribution in [0.5, 0.6) is 0 Å². The van der Waals surface area contributed by atoms with Gasteiger partial charge in [0.15, 0.2) is 5.82 Å². The van der Waals surface area contributed by atoms with Crippen molar-refractivity contribution in [2.45, 2.75) is 0 Å². The lowest BCUT2D eigenvalue weighted by molar-refractivity contribution is 0.0951. The van der Waals surface area contributed by atoms with Crippen molar-refractivity contribution in [2.24, 2.45) is 12.1 Å². The zero-order valence-corrected chi connectivity index (χ0v) is 14.2. The molecule has 4 aromatic rings. The van der Waals surface area contributed by atoms with Crippen LogP contribution < -0.4 is 5.43 Å². The van der Waals surface area contributed by atoms with Gasteiger partial charge < -0.3 is 9.55 Å². The number of hydrogen-bond acceptors (Lipinski definition) is 3. The number of imidazole rings is 1. The van der Waals surface area contributed by atoms with E-state index < -0.39 is 0 Å². The predicted molar refractivity (Wildman–Crippen MR) is 102 cm³/mol. The highest BCUT2D eigenvalue weighted by Gasteiger charge is 2.18. The number of rotatable bonds is 4. The van der Waals surface area contributed by atoms with E-state index >= 15 is 0 Å². The van der Waals surface area contributed by atoms with Crippen LogP contribution in [0.3, 0.4) is 0 Å². The Kier molecular flexibility index (Phi) is 4.07. The van der Waals surface area contributed by atoms with E-state index in [0.717, 1.165) is 22.0 Å². The fourth-order valence-electron chi connectivity index (χ4n) is 2.92. The van der Waals surface area contributed by atoms with Crippen molar-refractivity contribution in [3.05, 3.63) is 78.5 Å². The third-order valence-corrected chi connectivity index (χ3v) is 4.20. The van der Waals surface area contributed by atoms with Crippen molar-refractivity contribution < 1.29 is 4.79 Å². The maximum Gasteiger partial charge on any atom is 0.288 e. The molecule has 0 aliphatic rings. The normalized spacial score (nSPS) is 11.3. The number of aryl methyl sites for hydroxylation is 1. The van der Waals surface area contributed by atoms with Crippen molar-refractivity contribution in [3.8, 4) is 11.1 Å². The molecule has 6 nitrogen and oxygen atoms in total. The molecule has 26 heavy (non-hydrogen) atoms. The predicted octanol–water partition coefficient (Wildman–Crippen LogP) is 3.33. The lowest BCUT2D eigenvalue weighted by Gasteiger charge is -2.04. The number of nitrogens with zero attached hydrogens (tertiary/aromatic N) is 3. The van der Waals surface area contributed by atoms with Crippen molar-refractivity contribution >= 4 is 23.0 Å². The molecule has 2 aromatic heterocycles. The molecule has 2 aromatic carbocycles. The minimum absolute atomic E-state index is 0.300. The Bertz CT molecular complexity index is 1090. The third-order valence-electron chi connectivity index (χ3n) is 4.20. The molecular weight excluding hydrogens is 326 g/mol. The number of amides is 1. The minimum atomic E-state index is -0.300. The van der Waals surface area contributed by atoms with E-state index in [4.69, 9.17) is 0 Å². The zero-order chi connectivity index (χ0) is 17.9. The first-order valence-corrected chi connectivity index (χ1v) is 8.21. The van der Waals surface area contributed by atoms with Gasteiger partial charge in [0, 0.05) is 35.9 Å². The number of carbonyl (C=O) groups excluding carboxylic acids is 1. The quantitative estimate of drug-likeness (QED) is 0.440. The first-order valence-electron chi connectivity index (χ1n) is 8.21. The summed E-state index contributed by atoms with van der Waals surface area (Å²) in [5.74, 6) is 0.357. The highest BCUT2D eigenvalue weighted by molar-refractivity contribution is 6.09. The van der Waals surface area contributed by atoms with Crippen LogP contribution in [0.25, 0.3) is 22.0 Å². The van der Waals surface area contributed by atoms with Gasteiger partial charge in [-0.2, -0.15) is 5.10 Å². The van der Waals surface area contributed by atoms with Gasteiger partial charge >= 0.3 is 0 Å². The van der Waals surface area contributed by atoms with E-state index in [0.29, 0.717) is 11.5 Å². The Morgan fingerprint density at radius 1 is 1.15 bits per heavy atom. The Labute approximate surface area is 150 Å². The zero-order valence-electron chi connectivity index (χ0n) is 14.2. The molecule has 2 heterocycles.